The summed E-state index contributed by atoms with van der Waals surface area (Å²) in [6.45, 7) is 0.0330. The molecule has 2 aromatic rings. The highest BCUT2D eigenvalue weighted by Gasteiger charge is 2.37. The van der Waals surface area contributed by atoms with Crippen molar-refractivity contribution >= 4 is 5.91 Å². The summed E-state index contributed by atoms with van der Waals surface area (Å²) in [6, 6.07) is 7.29. The van der Waals surface area contributed by atoms with Crippen molar-refractivity contribution < 1.29 is 35.5 Å². The molecule has 0 saturated heterocycles. The lowest BCUT2D eigenvalue weighted by molar-refractivity contribution is -0.143. The number of hydrogen-bond acceptors (Lipinski definition) is 1. The third-order valence-corrected chi connectivity index (χ3v) is 5.05. The van der Waals surface area contributed by atoms with Crippen LogP contribution >= 0.6 is 0 Å². The van der Waals surface area contributed by atoms with Crippen molar-refractivity contribution in [2.24, 2.45) is 5.92 Å². The molecule has 3 rings (SSSR count). The highest BCUT2D eigenvalue weighted by atomic mass is 19.4. The maximum absolute atomic E-state index is 13.2. The first-order valence-electron chi connectivity index (χ1n) is 9.24. The smallest absolute Gasteiger partial charge is 0.352 e. The van der Waals surface area contributed by atoms with Crippen molar-refractivity contribution in [3.05, 3.63) is 59.2 Å². The summed E-state index contributed by atoms with van der Waals surface area (Å²) in [6.07, 6.45) is -9.96. The van der Waals surface area contributed by atoms with Gasteiger partial charge < -0.3 is 5.32 Å². The minimum atomic E-state index is -4.93. The second-order valence-electron chi connectivity index (χ2n) is 7.32. The summed E-state index contributed by atoms with van der Waals surface area (Å²) in [5.41, 5.74) is -2.37. The van der Waals surface area contributed by atoms with Crippen LogP contribution in [0, 0.1) is 5.92 Å². The fourth-order valence-corrected chi connectivity index (χ4v) is 3.48. The van der Waals surface area contributed by atoms with E-state index in [2.05, 4.69) is 5.32 Å². The Bertz CT molecular complexity index is 888. The van der Waals surface area contributed by atoms with E-state index in [1.807, 2.05) is 0 Å². The topological polar surface area (TPSA) is 29.1 Å². The number of carbonyl (C=O) groups is 1. The van der Waals surface area contributed by atoms with Crippen molar-refractivity contribution in [3.63, 3.8) is 0 Å². The Morgan fingerprint density at radius 1 is 0.900 bits per heavy atom. The van der Waals surface area contributed by atoms with Crippen LogP contribution in [-0.4, -0.2) is 12.1 Å². The van der Waals surface area contributed by atoms with Gasteiger partial charge in [0.05, 0.1) is 11.1 Å². The van der Waals surface area contributed by atoms with Gasteiger partial charge >= 0.3 is 12.4 Å². The number of halogens is 7. The first-order valence-corrected chi connectivity index (χ1v) is 9.24. The van der Waals surface area contributed by atoms with Gasteiger partial charge in [-0.3, -0.25) is 4.79 Å². The van der Waals surface area contributed by atoms with Crippen LogP contribution in [-0.2, 0) is 23.7 Å². The lowest BCUT2D eigenvalue weighted by atomic mass is 9.97. The molecule has 2 aromatic carbocycles. The number of amides is 1. The Morgan fingerprint density at radius 2 is 1.53 bits per heavy atom. The third-order valence-electron chi connectivity index (χ3n) is 5.05. The molecule has 30 heavy (non-hydrogen) atoms. The van der Waals surface area contributed by atoms with E-state index in [1.165, 1.54) is 18.2 Å². The van der Waals surface area contributed by atoms with Gasteiger partial charge in [-0.1, -0.05) is 18.2 Å². The van der Waals surface area contributed by atoms with Crippen LogP contribution in [0.15, 0.2) is 42.5 Å². The van der Waals surface area contributed by atoms with Gasteiger partial charge in [-0.05, 0) is 60.2 Å². The number of hydrogen-bond donors (Lipinski definition) is 1. The Hall–Kier alpha value is -2.58. The fourth-order valence-electron chi connectivity index (χ4n) is 3.48. The lowest BCUT2D eigenvalue weighted by Crippen LogP contribution is -2.29. The summed E-state index contributed by atoms with van der Waals surface area (Å²) in [5, 5.41) is 2.65. The van der Waals surface area contributed by atoms with E-state index in [1.54, 1.807) is 6.07 Å². The van der Waals surface area contributed by atoms with Gasteiger partial charge in [-0.2, -0.15) is 26.3 Å². The molecule has 2 nitrogen and oxygen atoms in total. The van der Waals surface area contributed by atoms with E-state index in [4.69, 9.17) is 0 Å². The molecule has 9 heteroatoms. The minimum absolute atomic E-state index is 0.0330. The molecule has 0 aliphatic heterocycles. The van der Waals surface area contributed by atoms with Gasteiger partial charge in [0.15, 0.2) is 0 Å². The van der Waals surface area contributed by atoms with Crippen LogP contribution in [0.3, 0.4) is 0 Å². The quantitative estimate of drug-likeness (QED) is 0.576. The third kappa shape index (κ3) is 5.31. The molecular formula is C21H18F7NO. The average Bonchev–Trinajstić information content (AvgIpc) is 3.11. The zero-order valence-electron chi connectivity index (χ0n) is 15.6. The number of rotatable bonds is 4. The molecule has 162 valence electrons. The fraction of sp³-hybridized carbons (Fsp3) is 0.381. The van der Waals surface area contributed by atoms with Crippen molar-refractivity contribution in [2.45, 2.75) is 44.3 Å². The molecule has 0 radical (unpaired) electrons. The van der Waals surface area contributed by atoms with Gasteiger partial charge in [0, 0.05) is 12.5 Å². The van der Waals surface area contributed by atoms with Gasteiger partial charge in [0.2, 0.25) is 5.91 Å². The summed E-state index contributed by atoms with van der Waals surface area (Å²) >= 11 is 0. The van der Waals surface area contributed by atoms with Crippen LogP contribution in [0.4, 0.5) is 30.7 Å². The molecule has 1 amide bonds. The highest BCUT2D eigenvalue weighted by molar-refractivity contribution is 5.79. The van der Waals surface area contributed by atoms with E-state index in [0.29, 0.717) is 30.5 Å². The zero-order valence-corrected chi connectivity index (χ0v) is 15.6. The molecule has 0 bridgehead atoms. The van der Waals surface area contributed by atoms with E-state index in [9.17, 15) is 35.5 Å². The Morgan fingerprint density at radius 3 is 2.07 bits per heavy atom. The molecule has 1 aliphatic rings. The predicted octanol–water partition coefficient (Wildman–Crippen LogP) is 6.15. The Labute approximate surface area is 168 Å². The van der Waals surface area contributed by atoms with Crippen molar-refractivity contribution in [1.29, 1.82) is 0 Å². The normalized spacial score (nSPS) is 19.7. The van der Waals surface area contributed by atoms with Crippen LogP contribution < -0.4 is 5.32 Å². The van der Waals surface area contributed by atoms with Crippen LogP contribution in [0.25, 0.3) is 11.1 Å². The molecule has 1 fully saturated rings. The largest absolute Gasteiger partial charge is 0.416 e. The summed E-state index contributed by atoms with van der Waals surface area (Å²) in [4.78, 5) is 12.1. The Balaban J connectivity index is 1.83. The Kier molecular flexibility index (Phi) is 6.10. The summed E-state index contributed by atoms with van der Waals surface area (Å²) in [7, 11) is 0. The van der Waals surface area contributed by atoms with Gasteiger partial charge in [-0.25, -0.2) is 4.39 Å². The second-order valence-corrected chi connectivity index (χ2v) is 7.32. The second kappa shape index (κ2) is 8.28. The molecule has 1 saturated carbocycles. The van der Waals surface area contributed by atoms with E-state index < -0.39 is 35.6 Å². The monoisotopic (exact) mass is 433 g/mol. The van der Waals surface area contributed by atoms with Gasteiger partial charge in [-0.15, -0.1) is 0 Å². The van der Waals surface area contributed by atoms with Crippen molar-refractivity contribution in [2.75, 3.05) is 0 Å². The molecule has 1 N–H and O–H groups in total. The first kappa shape index (κ1) is 22.1. The molecule has 1 unspecified atom stereocenters. The number of alkyl halides is 7. The maximum atomic E-state index is 13.2. The minimum Gasteiger partial charge on any atom is -0.352 e. The molecule has 1 aliphatic carbocycles. The van der Waals surface area contributed by atoms with Crippen LogP contribution in [0.5, 0.6) is 0 Å². The van der Waals surface area contributed by atoms with Crippen LogP contribution in [0.2, 0.25) is 0 Å². The standard InChI is InChI=1S/C21H18F7NO/c22-18-5-4-14(9-18)19(30)29-11-12-2-1-3-13(6-12)15-7-16(20(23,24)25)10-17(8-15)21(26,27)28/h1-3,6-8,10,14,18H,4-5,9,11H2,(H,29,30)/t14?,18-/m0/s1. The number of nitrogens with one attached hydrogen (secondary N) is 1. The molecule has 0 aromatic heterocycles. The van der Waals surface area contributed by atoms with Crippen molar-refractivity contribution in [1.82, 2.24) is 5.32 Å². The SMILES string of the molecule is O=C(NCc1cccc(-c2cc(C(F)(F)F)cc(C(F)(F)F)c2)c1)C1CC[C@H](F)C1. The molecule has 0 spiro atoms. The molecule has 2 atom stereocenters. The van der Waals surface area contributed by atoms with Gasteiger partial charge in [0.1, 0.15) is 6.17 Å². The molecular weight excluding hydrogens is 415 g/mol. The van der Waals surface area contributed by atoms with E-state index in [0.717, 1.165) is 0 Å². The number of benzene rings is 2. The van der Waals surface area contributed by atoms with Gasteiger partial charge in [0.25, 0.3) is 0 Å². The number of carbonyl (C=O) groups excluding carboxylic acids is 1. The maximum Gasteiger partial charge on any atom is 0.416 e. The van der Waals surface area contributed by atoms with Crippen LogP contribution in [0.1, 0.15) is 36.0 Å². The first-order chi connectivity index (χ1) is 13.9. The van der Waals surface area contributed by atoms with E-state index >= 15 is 0 Å². The van der Waals surface area contributed by atoms with E-state index in [-0.39, 0.29) is 36.1 Å². The summed E-state index contributed by atoms with van der Waals surface area (Å²) in [5.74, 6) is -0.750. The predicted molar refractivity (Wildman–Crippen MR) is 96.0 cm³/mol. The molecule has 0 heterocycles. The average molecular weight is 433 g/mol. The lowest BCUT2D eigenvalue weighted by Gasteiger charge is -2.15. The summed E-state index contributed by atoms with van der Waals surface area (Å²) < 4.78 is 91.7. The highest BCUT2D eigenvalue weighted by Crippen LogP contribution is 2.38. The van der Waals surface area contributed by atoms with Crippen molar-refractivity contribution in [3.8, 4) is 11.1 Å². The zero-order chi connectivity index (χ0) is 22.1.